The van der Waals surface area contributed by atoms with Gasteiger partial charge in [-0.3, -0.25) is 28.8 Å². The third-order valence-corrected chi connectivity index (χ3v) is 4.10. The van der Waals surface area contributed by atoms with Crippen LogP contribution in [0.3, 0.4) is 0 Å². The lowest BCUT2D eigenvalue weighted by Gasteiger charge is -2.24. The van der Waals surface area contributed by atoms with E-state index in [1.54, 1.807) is 13.8 Å². The van der Waals surface area contributed by atoms with E-state index in [4.69, 9.17) is 22.3 Å². The Bertz CT molecular complexity index is 682. The molecular weight excluding hydrogens is 400 g/mol. The van der Waals surface area contributed by atoms with Crippen LogP contribution in [0.5, 0.6) is 0 Å². The van der Waals surface area contributed by atoms with Crippen LogP contribution in [0.25, 0.3) is 0 Å². The number of rotatable bonds is 13. The topological polar surface area (TPSA) is 237 Å². The summed E-state index contributed by atoms with van der Waals surface area (Å²) in [5.41, 5.74) is 15.9. The van der Waals surface area contributed by atoms with Crippen molar-refractivity contribution in [3.05, 3.63) is 0 Å². The van der Waals surface area contributed by atoms with Crippen molar-refractivity contribution in [2.24, 2.45) is 23.1 Å². The Hall–Kier alpha value is -3.22. The highest BCUT2D eigenvalue weighted by molar-refractivity contribution is 5.96. The molecule has 0 rings (SSSR count). The number of hydrogen-bond donors (Lipinski definition) is 7. The van der Waals surface area contributed by atoms with E-state index in [-0.39, 0.29) is 18.8 Å². The van der Waals surface area contributed by atoms with Gasteiger partial charge in [0.25, 0.3) is 0 Å². The molecule has 0 aromatic heterocycles. The van der Waals surface area contributed by atoms with Crippen molar-refractivity contribution >= 4 is 35.5 Å². The molecule has 0 aliphatic rings. The van der Waals surface area contributed by atoms with Crippen LogP contribution in [0.15, 0.2) is 0 Å². The number of carbonyl (C=O) groups is 6. The lowest BCUT2D eigenvalue weighted by atomic mass is 10.0. The molecule has 0 saturated carbocycles. The molecule has 0 aliphatic heterocycles. The van der Waals surface area contributed by atoms with E-state index in [1.807, 2.05) is 0 Å². The third-order valence-electron chi connectivity index (χ3n) is 4.10. The number of aliphatic carboxylic acids is 1. The smallest absolute Gasteiger partial charge is 0.325 e. The van der Waals surface area contributed by atoms with Gasteiger partial charge in [-0.2, -0.15) is 0 Å². The molecule has 170 valence electrons. The predicted molar refractivity (Wildman–Crippen MR) is 104 cm³/mol. The van der Waals surface area contributed by atoms with Crippen molar-refractivity contribution in [2.75, 3.05) is 0 Å². The van der Waals surface area contributed by atoms with Crippen molar-refractivity contribution in [1.29, 1.82) is 0 Å². The second-order valence-electron chi connectivity index (χ2n) is 7.14. The number of hydrogen-bond acceptors (Lipinski definition) is 7. The lowest BCUT2D eigenvalue weighted by Crippen LogP contribution is -2.58. The Morgan fingerprint density at radius 1 is 0.800 bits per heavy atom. The van der Waals surface area contributed by atoms with Gasteiger partial charge in [0.15, 0.2) is 0 Å². The molecule has 4 unspecified atom stereocenters. The zero-order chi connectivity index (χ0) is 23.6. The molecule has 0 heterocycles. The van der Waals surface area contributed by atoms with E-state index in [1.165, 1.54) is 6.92 Å². The molecule has 10 N–H and O–H groups in total. The number of amides is 5. The van der Waals surface area contributed by atoms with Crippen LogP contribution in [-0.4, -0.2) is 64.8 Å². The molecule has 13 heteroatoms. The standard InChI is InChI=1S/C17H30N6O7/c1-7(2)13(20)16(28)23-10(6-12(19)25)15(27)22-9(4-5-11(18)24)14(26)21-8(3)17(29)30/h7-10,13H,4-6,20H2,1-3H3,(H2,18,24)(H2,19,25)(H,21,26)(H,22,27)(H,23,28)(H,29,30). The summed E-state index contributed by atoms with van der Waals surface area (Å²) in [6, 6.07) is -5.01. The summed E-state index contributed by atoms with van der Waals surface area (Å²) in [5.74, 6) is -5.75. The first kappa shape index (κ1) is 26.8. The maximum Gasteiger partial charge on any atom is 0.325 e. The fourth-order valence-electron chi connectivity index (χ4n) is 2.18. The lowest BCUT2D eigenvalue weighted by molar-refractivity contribution is -0.142. The molecular formula is C17H30N6O7. The molecule has 0 aromatic rings. The van der Waals surface area contributed by atoms with Gasteiger partial charge in [0, 0.05) is 6.42 Å². The molecule has 4 atom stereocenters. The highest BCUT2D eigenvalue weighted by Gasteiger charge is 2.30. The van der Waals surface area contributed by atoms with Crippen molar-refractivity contribution in [2.45, 2.75) is 64.2 Å². The molecule has 0 aliphatic carbocycles. The van der Waals surface area contributed by atoms with Crippen LogP contribution in [0, 0.1) is 5.92 Å². The van der Waals surface area contributed by atoms with E-state index >= 15 is 0 Å². The summed E-state index contributed by atoms with van der Waals surface area (Å²) in [4.78, 5) is 70.4. The molecule has 0 bridgehead atoms. The Kier molecular flexibility index (Phi) is 11.0. The van der Waals surface area contributed by atoms with Gasteiger partial charge in [0.05, 0.1) is 12.5 Å². The van der Waals surface area contributed by atoms with E-state index < -0.39 is 66.1 Å². The molecule has 5 amide bonds. The number of nitrogens with two attached hydrogens (primary N) is 3. The summed E-state index contributed by atoms with van der Waals surface area (Å²) in [5, 5.41) is 15.7. The first-order valence-electron chi connectivity index (χ1n) is 9.22. The number of nitrogens with one attached hydrogen (secondary N) is 3. The molecule has 0 spiro atoms. The zero-order valence-corrected chi connectivity index (χ0v) is 17.1. The van der Waals surface area contributed by atoms with E-state index in [0.29, 0.717) is 0 Å². The Morgan fingerprint density at radius 3 is 1.73 bits per heavy atom. The highest BCUT2D eigenvalue weighted by atomic mass is 16.4. The number of carbonyl (C=O) groups excluding carboxylic acids is 5. The van der Waals surface area contributed by atoms with E-state index in [0.717, 1.165) is 0 Å². The summed E-state index contributed by atoms with van der Waals surface area (Å²) in [6.45, 7) is 4.57. The molecule has 0 fully saturated rings. The Morgan fingerprint density at radius 2 is 1.30 bits per heavy atom. The van der Waals surface area contributed by atoms with E-state index in [2.05, 4.69) is 16.0 Å². The minimum atomic E-state index is -1.43. The predicted octanol–water partition coefficient (Wildman–Crippen LogP) is -3.33. The average molecular weight is 430 g/mol. The summed E-state index contributed by atoms with van der Waals surface area (Å²) < 4.78 is 0. The van der Waals surface area contributed by atoms with Crippen molar-refractivity contribution in [3.8, 4) is 0 Å². The van der Waals surface area contributed by atoms with Gasteiger partial charge >= 0.3 is 5.97 Å². The van der Waals surface area contributed by atoms with Crippen molar-refractivity contribution in [1.82, 2.24) is 16.0 Å². The van der Waals surface area contributed by atoms with Crippen LogP contribution in [0.4, 0.5) is 0 Å². The second kappa shape index (κ2) is 12.4. The summed E-state index contributed by atoms with van der Waals surface area (Å²) in [7, 11) is 0. The minimum Gasteiger partial charge on any atom is -0.480 e. The fraction of sp³-hybridized carbons (Fsp3) is 0.647. The zero-order valence-electron chi connectivity index (χ0n) is 17.1. The SMILES string of the molecule is CC(NC(=O)C(CCC(N)=O)NC(=O)C(CC(N)=O)NC(=O)C(N)C(C)C)C(=O)O. The van der Waals surface area contributed by atoms with E-state index in [9.17, 15) is 28.8 Å². The highest BCUT2D eigenvalue weighted by Crippen LogP contribution is 2.04. The van der Waals surface area contributed by atoms with Gasteiger partial charge < -0.3 is 38.3 Å². The monoisotopic (exact) mass is 430 g/mol. The molecule has 0 saturated heterocycles. The minimum absolute atomic E-state index is 0.234. The quantitative estimate of drug-likeness (QED) is 0.155. The van der Waals surface area contributed by atoms with Crippen molar-refractivity contribution in [3.63, 3.8) is 0 Å². The fourth-order valence-corrected chi connectivity index (χ4v) is 2.18. The first-order valence-corrected chi connectivity index (χ1v) is 9.22. The Balaban J connectivity index is 5.44. The van der Waals surface area contributed by atoms with Crippen LogP contribution < -0.4 is 33.2 Å². The normalized spacial score (nSPS) is 14.7. The van der Waals surface area contributed by atoms with Gasteiger partial charge in [0.2, 0.25) is 29.5 Å². The number of carboxylic acid groups (broad SMARTS) is 1. The van der Waals surface area contributed by atoms with Gasteiger partial charge in [-0.25, -0.2) is 0 Å². The summed E-state index contributed by atoms with van der Waals surface area (Å²) in [6.07, 6.45) is -1.09. The largest absolute Gasteiger partial charge is 0.480 e. The number of carboxylic acids is 1. The molecule has 0 aromatic carbocycles. The third kappa shape index (κ3) is 9.82. The maximum absolute atomic E-state index is 12.6. The maximum atomic E-state index is 12.6. The van der Waals surface area contributed by atoms with Gasteiger partial charge in [-0.15, -0.1) is 0 Å². The van der Waals surface area contributed by atoms with Crippen LogP contribution in [0.2, 0.25) is 0 Å². The van der Waals surface area contributed by atoms with Gasteiger partial charge in [-0.1, -0.05) is 13.8 Å². The van der Waals surface area contributed by atoms with Crippen molar-refractivity contribution < 1.29 is 33.9 Å². The van der Waals surface area contributed by atoms with Gasteiger partial charge in [-0.05, 0) is 19.3 Å². The molecule has 0 radical (unpaired) electrons. The number of primary amides is 2. The summed E-state index contributed by atoms with van der Waals surface area (Å²) >= 11 is 0. The van der Waals surface area contributed by atoms with Crippen LogP contribution in [0.1, 0.15) is 40.0 Å². The average Bonchev–Trinajstić information content (AvgIpc) is 2.62. The van der Waals surface area contributed by atoms with Gasteiger partial charge in [0.1, 0.15) is 18.1 Å². The second-order valence-corrected chi connectivity index (χ2v) is 7.14. The molecule has 30 heavy (non-hydrogen) atoms. The Labute approximate surface area is 173 Å². The van der Waals surface area contributed by atoms with Crippen LogP contribution in [-0.2, 0) is 28.8 Å². The molecule has 13 nitrogen and oxygen atoms in total. The first-order chi connectivity index (χ1) is 13.8. The van der Waals surface area contributed by atoms with Crippen LogP contribution >= 0.6 is 0 Å².